The van der Waals surface area contributed by atoms with E-state index >= 15 is 0 Å². The molecule has 96 valence electrons. The molecule has 0 amide bonds. The Hall–Kier alpha value is -1.71. The summed E-state index contributed by atoms with van der Waals surface area (Å²) in [5, 5.41) is 0. The zero-order chi connectivity index (χ0) is 12.6. The van der Waals surface area contributed by atoms with Crippen molar-refractivity contribution in [2.45, 2.75) is 19.3 Å². The minimum atomic E-state index is -0.293. The molecule has 0 bridgehead atoms. The van der Waals surface area contributed by atoms with Gasteiger partial charge in [0.05, 0.1) is 12.5 Å². The molecule has 0 spiro atoms. The van der Waals surface area contributed by atoms with E-state index in [2.05, 4.69) is 0 Å². The lowest BCUT2D eigenvalue weighted by molar-refractivity contribution is -0.147. The minimum absolute atomic E-state index is 0.0996. The van der Waals surface area contributed by atoms with E-state index in [1.54, 1.807) is 0 Å². The van der Waals surface area contributed by atoms with E-state index in [9.17, 15) is 4.79 Å². The van der Waals surface area contributed by atoms with E-state index in [0.717, 1.165) is 36.3 Å². The van der Waals surface area contributed by atoms with Crippen molar-refractivity contribution in [2.75, 3.05) is 20.3 Å². The van der Waals surface area contributed by atoms with Crippen molar-refractivity contribution >= 4 is 5.97 Å². The molecule has 1 heterocycles. The highest BCUT2D eigenvalue weighted by molar-refractivity contribution is 5.80. The predicted molar refractivity (Wildman–Crippen MR) is 64.8 cm³/mol. The summed E-state index contributed by atoms with van der Waals surface area (Å²) < 4.78 is 15.9. The molecule has 0 saturated heterocycles. The molecule has 3 rings (SSSR count). The average Bonchev–Trinajstić information content (AvgIpc) is 3.18. The summed E-state index contributed by atoms with van der Waals surface area (Å²) in [4.78, 5) is 11.7. The highest BCUT2D eigenvalue weighted by Gasteiger charge is 2.50. The van der Waals surface area contributed by atoms with Gasteiger partial charge < -0.3 is 14.2 Å². The molecule has 0 unspecified atom stereocenters. The molecular weight excluding hydrogens is 232 g/mol. The smallest absolute Gasteiger partial charge is 0.312 e. The number of ether oxygens (including phenoxy) is 3. The zero-order valence-corrected chi connectivity index (χ0v) is 10.4. The number of carbonyl (C=O) groups is 1. The van der Waals surface area contributed by atoms with Gasteiger partial charge in [0, 0.05) is 0 Å². The maximum Gasteiger partial charge on any atom is 0.312 e. The van der Waals surface area contributed by atoms with Gasteiger partial charge in [0.15, 0.2) is 11.5 Å². The molecule has 0 radical (unpaired) electrons. The van der Waals surface area contributed by atoms with Gasteiger partial charge in [0.2, 0.25) is 0 Å². The van der Waals surface area contributed by atoms with Gasteiger partial charge in [-0.2, -0.15) is 0 Å². The molecule has 1 aliphatic heterocycles. The van der Waals surface area contributed by atoms with Gasteiger partial charge in [-0.05, 0) is 37.0 Å². The highest BCUT2D eigenvalue weighted by atomic mass is 16.6. The zero-order valence-electron chi connectivity index (χ0n) is 10.4. The number of hydrogen-bond donors (Lipinski definition) is 0. The van der Waals surface area contributed by atoms with Crippen molar-refractivity contribution in [3.63, 3.8) is 0 Å². The fraction of sp³-hybridized carbons (Fsp3) is 0.500. The van der Waals surface area contributed by atoms with Gasteiger partial charge in [-0.15, -0.1) is 0 Å². The van der Waals surface area contributed by atoms with Crippen LogP contribution in [0.3, 0.4) is 0 Å². The van der Waals surface area contributed by atoms with E-state index < -0.39 is 0 Å². The Labute approximate surface area is 106 Å². The number of methoxy groups -OCH3 is 1. The molecule has 0 aromatic heterocycles. The second-order valence-electron chi connectivity index (χ2n) is 4.93. The third kappa shape index (κ3) is 1.92. The Bertz CT molecular complexity index is 477. The van der Waals surface area contributed by atoms with Crippen molar-refractivity contribution in [1.29, 1.82) is 0 Å². The first kappa shape index (κ1) is 11.4. The van der Waals surface area contributed by atoms with Crippen LogP contribution in [-0.4, -0.2) is 26.3 Å². The Balaban J connectivity index is 1.79. The first-order valence-corrected chi connectivity index (χ1v) is 6.20. The van der Waals surface area contributed by atoms with E-state index in [0.29, 0.717) is 13.2 Å². The van der Waals surface area contributed by atoms with Crippen molar-refractivity contribution in [1.82, 2.24) is 0 Å². The van der Waals surface area contributed by atoms with Crippen molar-refractivity contribution in [3.8, 4) is 11.5 Å². The molecule has 18 heavy (non-hydrogen) atoms. The summed E-state index contributed by atoms with van der Waals surface area (Å²) >= 11 is 0. The fourth-order valence-electron chi connectivity index (χ4n) is 2.41. The van der Waals surface area contributed by atoms with Gasteiger partial charge in [-0.25, -0.2) is 0 Å². The minimum Gasteiger partial charge on any atom is -0.486 e. The summed E-state index contributed by atoms with van der Waals surface area (Å²) in [6.45, 7) is 1.18. The van der Waals surface area contributed by atoms with Gasteiger partial charge in [-0.1, -0.05) is 6.07 Å². The van der Waals surface area contributed by atoms with Crippen LogP contribution in [0.2, 0.25) is 0 Å². The topological polar surface area (TPSA) is 44.8 Å². The lowest BCUT2D eigenvalue weighted by atomic mass is 9.96. The van der Waals surface area contributed by atoms with E-state index in [1.165, 1.54) is 7.11 Å². The third-order valence-electron chi connectivity index (χ3n) is 3.62. The molecule has 4 heteroatoms. The molecular formula is C14H16O4. The van der Waals surface area contributed by atoms with Crippen LogP contribution < -0.4 is 9.47 Å². The molecule has 1 aliphatic carbocycles. The Morgan fingerprint density at radius 3 is 2.67 bits per heavy atom. The lowest BCUT2D eigenvalue weighted by Gasteiger charge is -2.20. The van der Waals surface area contributed by atoms with Crippen LogP contribution in [0.15, 0.2) is 18.2 Å². The molecule has 0 atom stereocenters. The summed E-state index contributed by atoms with van der Waals surface area (Å²) in [6.07, 6.45) is 2.54. The van der Waals surface area contributed by atoms with E-state index in [1.807, 2.05) is 18.2 Å². The van der Waals surface area contributed by atoms with Crippen molar-refractivity contribution in [3.05, 3.63) is 23.8 Å². The summed E-state index contributed by atoms with van der Waals surface area (Å²) in [6, 6.07) is 5.88. The molecule has 2 aliphatic rings. The normalized spacial score (nSPS) is 19.2. The van der Waals surface area contributed by atoms with Gasteiger partial charge in [-0.3, -0.25) is 4.79 Å². The van der Waals surface area contributed by atoms with E-state index in [4.69, 9.17) is 14.2 Å². The molecule has 1 aromatic carbocycles. The number of benzene rings is 1. The monoisotopic (exact) mass is 248 g/mol. The van der Waals surface area contributed by atoms with Crippen LogP contribution in [0.25, 0.3) is 0 Å². The second-order valence-corrected chi connectivity index (χ2v) is 4.93. The largest absolute Gasteiger partial charge is 0.486 e. The van der Waals surface area contributed by atoms with Crippen LogP contribution in [-0.2, 0) is 16.0 Å². The van der Waals surface area contributed by atoms with Crippen LogP contribution in [0.5, 0.6) is 11.5 Å². The summed E-state index contributed by atoms with van der Waals surface area (Å²) in [5.74, 6) is 1.46. The van der Waals surface area contributed by atoms with Crippen LogP contribution in [0, 0.1) is 5.41 Å². The molecule has 1 fully saturated rings. The number of fused-ring (bicyclic) bond motifs is 1. The summed E-state index contributed by atoms with van der Waals surface area (Å²) in [5.41, 5.74) is 0.806. The maximum absolute atomic E-state index is 11.7. The average molecular weight is 248 g/mol. The Kier molecular flexibility index (Phi) is 2.65. The predicted octanol–water partition coefficient (Wildman–Crippen LogP) is 1.95. The van der Waals surface area contributed by atoms with Crippen molar-refractivity contribution in [2.24, 2.45) is 5.41 Å². The summed E-state index contributed by atoms with van der Waals surface area (Å²) in [7, 11) is 1.45. The second kappa shape index (κ2) is 4.19. The van der Waals surface area contributed by atoms with Crippen molar-refractivity contribution < 1.29 is 19.0 Å². The highest BCUT2D eigenvalue weighted by Crippen LogP contribution is 2.50. The van der Waals surface area contributed by atoms with Gasteiger partial charge in [0.1, 0.15) is 13.2 Å². The quantitative estimate of drug-likeness (QED) is 0.767. The van der Waals surface area contributed by atoms with Crippen LogP contribution in [0.1, 0.15) is 18.4 Å². The Morgan fingerprint density at radius 2 is 2.00 bits per heavy atom. The van der Waals surface area contributed by atoms with E-state index in [-0.39, 0.29) is 11.4 Å². The first-order chi connectivity index (χ1) is 8.73. The fourth-order valence-corrected chi connectivity index (χ4v) is 2.41. The first-order valence-electron chi connectivity index (χ1n) is 6.20. The maximum atomic E-state index is 11.7. The number of esters is 1. The molecule has 0 N–H and O–H groups in total. The van der Waals surface area contributed by atoms with Crippen LogP contribution in [0.4, 0.5) is 0 Å². The molecule has 4 nitrogen and oxygen atoms in total. The number of rotatable bonds is 3. The SMILES string of the molecule is COC(=O)C1(Cc2ccc3c(c2)OCCO3)CC1. The molecule has 1 saturated carbocycles. The number of carbonyl (C=O) groups excluding carboxylic acids is 1. The van der Waals surface area contributed by atoms with Gasteiger partial charge in [0.25, 0.3) is 0 Å². The molecule has 1 aromatic rings. The van der Waals surface area contributed by atoms with Gasteiger partial charge >= 0.3 is 5.97 Å². The van der Waals surface area contributed by atoms with Crippen LogP contribution >= 0.6 is 0 Å². The lowest BCUT2D eigenvalue weighted by Crippen LogP contribution is -2.20. The Morgan fingerprint density at radius 1 is 1.28 bits per heavy atom. The standard InChI is InChI=1S/C14H16O4/c1-16-13(15)14(4-5-14)9-10-2-3-11-12(8-10)18-7-6-17-11/h2-3,8H,4-7,9H2,1H3. The number of hydrogen-bond acceptors (Lipinski definition) is 4. The third-order valence-corrected chi connectivity index (χ3v) is 3.62.